The van der Waals surface area contributed by atoms with E-state index in [0.29, 0.717) is 6.42 Å². The SMILES string of the molecule is Nc1ccc(CC(=O)N2CCN(Cc3cccs3)CC2)cc1. The Labute approximate surface area is 135 Å². The van der Waals surface area contributed by atoms with Crippen LogP contribution in [0.3, 0.4) is 0 Å². The molecule has 1 aromatic carbocycles. The molecule has 2 N–H and O–H groups in total. The summed E-state index contributed by atoms with van der Waals surface area (Å²) in [5.41, 5.74) is 7.43. The standard InChI is InChI=1S/C17H21N3OS/c18-15-5-3-14(4-6-15)12-17(21)20-9-7-19(8-10-20)13-16-2-1-11-22-16/h1-6,11H,7-10,12-13,18H2. The third-order valence-electron chi connectivity index (χ3n) is 4.02. The average molecular weight is 315 g/mol. The molecule has 1 saturated heterocycles. The molecule has 1 aliphatic heterocycles. The Morgan fingerprint density at radius 3 is 2.45 bits per heavy atom. The van der Waals surface area contributed by atoms with E-state index in [1.165, 1.54) is 4.88 Å². The molecule has 0 saturated carbocycles. The zero-order valence-corrected chi connectivity index (χ0v) is 13.4. The summed E-state index contributed by atoms with van der Waals surface area (Å²) >= 11 is 1.79. The number of carbonyl (C=O) groups is 1. The molecular weight excluding hydrogens is 294 g/mol. The number of nitrogens with zero attached hydrogens (tertiary/aromatic N) is 2. The summed E-state index contributed by atoms with van der Waals surface area (Å²) in [6.07, 6.45) is 0.463. The van der Waals surface area contributed by atoms with Crippen LogP contribution in [0.4, 0.5) is 5.69 Å². The van der Waals surface area contributed by atoms with Gasteiger partial charge >= 0.3 is 0 Å². The van der Waals surface area contributed by atoms with E-state index in [2.05, 4.69) is 22.4 Å². The van der Waals surface area contributed by atoms with Gasteiger partial charge in [-0.2, -0.15) is 0 Å². The number of thiophene rings is 1. The topological polar surface area (TPSA) is 49.6 Å². The smallest absolute Gasteiger partial charge is 0.227 e. The van der Waals surface area contributed by atoms with Crippen LogP contribution in [0.1, 0.15) is 10.4 Å². The maximum atomic E-state index is 12.4. The summed E-state index contributed by atoms with van der Waals surface area (Å²) < 4.78 is 0. The molecule has 0 bridgehead atoms. The van der Waals surface area contributed by atoms with Crippen LogP contribution >= 0.6 is 11.3 Å². The predicted molar refractivity (Wildman–Crippen MR) is 90.7 cm³/mol. The molecule has 1 aromatic heterocycles. The van der Waals surface area contributed by atoms with E-state index in [0.717, 1.165) is 44.0 Å². The molecule has 0 atom stereocenters. The fourth-order valence-electron chi connectivity index (χ4n) is 2.70. The molecule has 1 fully saturated rings. The Morgan fingerprint density at radius 2 is 1.82 bits per heavy atom. The first kappa shape index (κ1) is 15.1. The summed E-state index contributed by atoms with van der Waals surface area (Å²) in [7, 11) is 0. The van der Waals surface area contributed by atoms with Crippen LogP contribution in [0, 0.1) is 0 Å². The average Bonchev–Trinajstić information content (AvgIpc) is 3.03. The highest BCUT2D eigenvalue weighted by molar-refractivity contribution is 7.09. The molecule has 1 amide bonds. The molecular formula is C17H21N3OS. The highest BCUT2D eigenvalue weighted by Gasteiger charge is 2.21. The monoisotopic (exact) mass is 315 g/mol. The van der Waals surface area contributed by atoms with Crippen molar-refractivity contribution in [3.8, 4) is 0 Å². The summed E-state index contributed by atoms with van der Waals surface area (Å²) in [6.45, 7) is 4.53. The van der Waals surface area contributed by atoms with E-state index in [1.54, 1.807) is 11.3 Å². The molecule has 2 heterocycles. The van der Waals surface area contributed by atoms with Gasteiger partial charge < -0.3 is 10.6 Å². The normalized spacial score (nSPS) is 15.9. The molecule has 3 rings (SSSR count). The van der Waals surface area contributed by atoms with Crippen molar-refractivity contribution < 1.29 is 4.79 Å². The van der Waals surface area contributed by atoms with Gasteiger partial charge in [-0.1, -0.05) is 18.2 Å². The second-order valence-electron chi connectivity index (χ2n) is 5.65. The summed E-state index contributed by atoms with van der Waals surface area (Å²) in [5, 5.41) is 2.11. The van der Waals surface area contributed by atoms with Gasteiger partial charge in [0.2, 0.25) is 5.91 Å². The molecule has 5 heteroatoms. The highest BCUT2D eigenvalue weighted by atomic mass is 32.1. The molecule has 0 aliphatic carbocycles. The van der Waals surface area contributed by atoms with Crippen LogP contribution in [0.25, 0.3) is 0 Å². The van der Waals surface area contributed by atoms with Gasteiger partial charge in [0, 0.05) is 43.3 Å². The Kier molecular flexibility index (Phi) is 4.75. The Hall–Kier alpha value is -1.85. The summed E-state index contributed by atoms with van der Waals surface area (Å²) in [4.78, 5) is 18.1. The minimum atomic E-state index is 0.209. The van der Waals surface area contributed by atoms with Crippen molar-refractivity contribution in [3.63, 3.8) is 0 Å². The lowest BCUT2D eigenvalue weighted by atomic mass is 10.1. The Bertz CT molecular complexity index is 601. The van der Waals surface area contributed by atoms with Crippen molar-refractivity contribution >= 4 is 22.9 Å². The molecule has 0 unspecified atom stereocenters. The van der Waals surface area contributed by atoms with Gasteiger partial charge in [0.05, 0.1) is 6.42 Å². The molecule has 4 nitrogen and oxygen atoms in total. The zero-order valence-electron chi connectivity index (χ0n) is 12.6. The van der Waals surface area contributed by atoms with Gasteiger partial charge in [0.1, 0.15) is 0 Å². The van der Waals surface area contributed by atoms with Gasteiger partial charge in [-0.15, -0.1) is 11.3 Å². The van der Waals surface area contributed by atoms with Gasteiger partial charge in [-0.05, 0) is 29.1 Å². The minimum Gasteiger partial charge on any atom is -0.399 e. The molecule has 0 spiro atoms. The number of hydrogen-bond acceptors (Lipinski definition) is 4. The number of nitrogens with two attached hydrogens (primary N) is 1. The highest BCUT2D eigenvalue weighted by Crippen LogP contribution is 2.14. The molecule has 116 valence electrons. The first-order valence-corrected chi connectivity index (χ1v) is 8.45. The summed E-state index contributed by atoms with van der Waals surface area (Å²) in [6, 6.07) is 11.8. The molecule has 2 aromatic rings. The number of benzene rings is 1. The number of piperazine rings is 1. The largest absolute Gasteiger partial charge is 0.399 e. The van der Waals surface area contributed by atoms with Gasteiger partial charge in [0.15, 0.2) is 0 Å². The second kappa shape index (κ2) is 6.94. The van der Waals surface area contributed by atoms with Gasteiger partial charge in [-0.3, -0.25) is 9.69 Å². The van der Waals surface area contributed by atoms with Gasteiger partial charge in [-0.25, -0.2) is 0 Å². The fourth-order valence-corrected chi connectivity index (χ4v) is 3.45. The zero-order chi connectivity index (χ0) is 15.4. The third kappa shape index (κ3) is 3.87. The number of amides is 1. The number of hydrogen-bond donors (Lipinski definition) is 1. The van der Waals surface area contributed by atoms with Crippen molar-refractivity contribution in [2.75, 3.05) is 31.9 Å². The fraction of sp³-hybridized carbons (Fsp3) is 0.353. The van der Waals surface area contributed by atoms with Crippen LogP contribution in [-0.4, -0.2) is 41.9 Å². The quantitative estimate of drug-likeness (QED) is 0.880. The van der Waals surface area contributed by atoms with Gasteiger partial charge in [0.25, 0.3) is 0 Å². The number of anilines is 1. The molecule has 1 aliphatic rings. The van der Waals surface area contributed by atoms with Crippen LogP contribution in [0.2, 0.25) is 0 Å². The maximum absolute atomic E-state index is 12.4. The van der Waals surface area contributed by atoms with Crippen LogP contribution in [0.15, 0.2) is 41.8 Å². The lowest BCUT2D eigenvalue weighted by Gasteiger charge is -2.34. The van der Waals surface area contributed by atoms with Crippen LogP contribution < -0.4 is 5.73 Å². The lowest BCUT2D eigenvalue weighted by molar-refractivity contribution is -0.132. The minimum absolute atomic E-state index is 0.209. The van der Waals surface area contributed by atoms with E-state index >= 15 is 0 Å². The van der Waals surface area contributed by atoms with E-state index in [9.17, 15) is 4.79 Å². The number of rotatable bonds is 4. The van der Waals surface area contributed by atoms with E-state index in [1.807, 2.05) is 29.2 Å². The number of nitrogen functional groups attached to an aromatic ring is 1. The summed E-state index contributed by atoms with van der Waals surface area (Å²) in [5.74, 6) is 0.209. The first-order chi connectivity index (χ1) is 10.7. The van der Waals surface area contributed by atoms with Crippen molar-refractivity contribution in [1.29, 1.82) is 0 Å². The molecule has 22 heavy (non-hydrogen) atoms. The van der Waals surface area contributed by atoms with Crippen molar-refractivity contribution in [2.24, 2.45) is 0 Å². The molecule has 0 radical (unpaired) electrons. The predicted octanol–water partition coefficient (Wildman–Crippen LogP) is 2.22. The van der Waals surface area contributed by atoms with Crippen molar-refractivity contribution in [2.45, 2.75) is 13.0 Å². The van der Waals surface area contributed by atoms with Crippen molar-refractivity contribution in [3.05, 3.63) is 52.2 Å². The van der Waals surface area contributed by atoms with Crippen LogP contribution in [0.5, 0.6) is 0 Å². The van der Waals surface area contributed by atoms with Crippen molar-refractivity contribution in [1.82, 2.24) is 9.80 Å². The van der Waals surface area contributed by atoms with E-state index in [4.69, 9.17) is 5.73 Å². The van der Waals surface area contributed by atoms with E-state index < -0.39 is 0 Å². The van der Waals surface area contributed by atoms with E-state index in [-0.39, 0.29) is 5.91 Å². The lowest BCUT2D eigenvalue weighted by Crippen LogP contribution is -2.48. The third-order valence-corrected chi connectivity index (χ3v) is 4.88. The Balaban J connectivity index is 1.48. The van der Waals surface area contributed by atoms with Crippen LogP contribution in [-0.2, 0) is 17.8 Å². The Morgan fingerprint density at radius 1 is 1.09 bits per heavy atom. The number of carbonyl (C=O) groups excluding carboxylic acids is 1. The maximum Gasteiger partial charge on any atom is 0.227 e. The second-order valence-corrected chi connectivity index (χ2v) is 6.69. The first-order valence-electron chi connectivity index (χ1n) is 7.57.